The van der Waals surface area contributed by atoms with Crippen LogP contribution in [0.1, 0.15) is 23.7 Å². The maximum absolute atomic E-state index is 15.1. The van der Waals surface area contributed by atoms with Crippen molar-refractivity contribution in [1.29, 1.82) is 0 Å². The lowest BCUT2D eigenvalue weighted by Crippen LogP contribution is -2.01. The fourth-order valence-corrected chi connectivity index (χ4v) is 5.28. The summed E-state index contributed by atoms with van der Waals surface area (Å²) in [5.41, 5.74) is 0.394. The minimum absolute atomic E-state index is 0.0460. The molecule has 2 heterocycles. The van der Waals surface area contributed by atoms with E-state index in [0.717, 1.165) is 18.2 Å². The monoisotopic (exact) mass is 525 g/mol. The molecule has 0 fully saturated rings. The number of carbonyl (C=O) groups is 1. The molecule has 0 aliphatic heterocycles. The predicted octanol–water partition coefficient (Wildman–Crippen LogP) is 6.78. The third kappa shape index (κ3) is 3.86. The van der Waals surface area contributed by atoms with Gasteiger partial charge >= 0.3 is 5.97 Å². The van der Waals surface area contributed by atoms with Crippen LogP contribution in [0, 0.1) is 11.6 Å². The van der Waals surface area contributed by atoms with E-state index in [2.05, 4.69) is 21.0 Å². The molecule has 5 nitrogen and oxygen atoms in total. The van der Waals surface area contributed by atoms with E-state index in [9.17, 15) is 14.3 Å². The minimum atomic E-state index is -1.36. The summed E-state index contributed by atoms with van der Waals surface area (Å²) in [5.74, 6) is -2.82. The topological polar surface area (TPSA) is 60.0 Å². The molecule has 1 N–H and O–H groups in total. The number of aryl methyl sites for hydroxylation is 1. The summed E-state index contributed by atoms with van der Waals surface area (Å²) in [6.45, 7) is 2.73. The molecule has 0 radical (unpaired) electrons. The van der Waals surface area contributed by atoms with Crippen molar-refractivity contribution in [3.8, 4) is 5.69 Å². The zero-order chi connectivity index (χ0) is 22.3. The first-order valence-electron chi connectivity index (χ1n) is 9.23. The summed E-state index contributed by atoms with van der Waals surface area (Å²) < 4.78 is 33.7. The summed E-state index contributed by atoms with van der Waals surface area (Å²) in [6, 6.07) is 7.23. The number of nitrogens with zero attached hydrogens (tertiary/aromatic N) is 3. The summed E-state index contributed by atoms with van der Waals surface area (Å²) in [7, 11) is 0. The molecule has 2 aromatic heterocycles. The largest absolute Gasteiger partial charge is 0.478 e. The van der Waals surface area contributed by atoms with E-state index in [1.807, 2.05) is 6.92 Å². The molecule has 4 aromatic rings. The molecule has 4 rings (SSSR count). The van der Waals surface area contributed by atoms with Crippen LogP contribution in [0.2, 0.25) is 5.02 Å². The molecule has 0 spiro atoms. The number of benzene rings is 2. The number of fused-ring (bicyclic) bond motifs is 1. The summed E-state index contributed by atoms with van der Waals surface area (Å²) in [6.07, 6.45) is 4.28. The SMILES string of the molecule is CCCn1cc(-n2c(Br)c(Sc3cccc(C(=O)O)c3F)c3ccc(Cl)c(F)c32)cn1. The molecule has 10 heteroatoms. The van der Waals surface area contributed by atoms with Gasteiger partial charge in [0.15, 0.2) is 11.6 Å². The molecule has 0 unspecified atom stereocenters. The average Bonchev–Trinajstić information content (AvgIpc) is 3.29. The Balaban J connectivity index is 1.93. The van der Waals surface area contributed by atoms with Gasteiger partial charge in [0.05, 0.1) is 32.9 Å². The van der Waals surface area contributed by atoms with Crippen LogP contribution in [0.4, 0.5) is 8.78 Å². The molecule has 31 heavy (non-hydrogen) atoms. The van der Waals surface area contributed by atoms with Gasteiger partial charge in [-0.15, -0.1) is 0 Å². The molecular formula is C21H15BrClF2N3O2S. The highest BCUT2D eigenvalue weighted by atomic mass is 79.9. The maximum Gasteiger partial charge on any atom is 0.338 e. The van der Waals surface area contributed by atoms with E-state index in [1.165, 1.54) is 24.3 Å². The van der Waals surface area contributed by atoms with Crippen molar-refractivity contribution < 1.29 is 18.7 Å². The highest BCUT2D eigenvalue weighted by Gasteiger charge is 2.24. The Kier molecular flexibility index (Phi) is 6.09. The van der Waals surface area contributed by atoms with Gasteiger partial charge in [-0.2, -0.15) is 5.10 Å². The van der Waals surface area contributed by atoms with Crippen LogP contribution in [0.15, 0.2) is 57.1 Å². The Labute approximate surface area is 193 Å². The Hall–Kier alpha value is -2.36. The molecule has 0 saturated carbocycles. The summed E-state index contributed by atoms with van der Waals surface area (Å²) in [5, 5.41) is 14.0. The molecule has 160 valence electrons. The molecule has 0 atom stereocenters. The molecule has 2 aromatic carbocycles. The number of hydrogen-bond donors (Lipinski definition) is 1. The van der Waals surface area contributed by atoms with Gasteiger partial charge in [0, 0.05) is 23.0 Å². The van der Waals surface area contributed by atoms with Gasteiger partial charge in [-0.3, -0.25) is 9.25 Å². The van der Waals surface area contributed by atoms with Crippen molar-refractivity contribution in [2.24, 2.45) is 0 Å². The predicted molar refractivity (Wildman–Crippen MR) is 120 cm³/mol. The number of halogens is 4. The van der Waals surface area contributed by atoms with Crippen molar-refractivity contribution in [2.45, 2.75) is 29.7 Å². The Morgan fingerprint density at radius 2 is 2.03 bits per heavy atom. The van der Waals surface area contributed by atoms with E-state index in [0.29, 0.717) is 27.1 Å². The highest BCUT2D eigenvalue weighted by molar-refractivity contribution is 9.10. The van der Waals surface area contributed by atoms with Crippen molar-refractivity contribution in [1.82, 2.24) is 14.3 Å². The lowest BCUT2D eigenvalue weighted by atomic mass is 10.2. The van der Waals surface area contributed by atoms with Crippen molar-refractivity contribution in [3.63, 3.8) is 0 Å². The zero-order valence-electron chi connectivity index (χ0n) is 16.1. The summed E-state index contributed by atoms with van der Waals surface area (Å²) in [4.78, 5) is 11.9. The Bertz CT molecular complexity index is 1320. The van der Waals surface area contributed by atoms with Gasteiger partial charge in [-0.25, -0.2) is 13.6 Å². The third-order valence-corrected chi connectivity index (χ3v) is 7.12. The zero-order valence-corrected chi connectivity index (χ0v) is 19.2. The van der Waals surface area contributed by atoms with E-state index in [4.69, 9.17) is 11.6 Å². The van der Waals surface area contributed by atoms with E-state index in [-0.39, 0.29) is 15.4 Å². The van der Waals surface area contributed by atoms with Crippen LogP contribution in [0.5, 0.6) is 0 Å². The van der Waals surface area contributed by atoms with Gasteiger partial charge in [0.1, 0.15) is 4.60 Å². The fraction of sp³-hybridized carbons (Fsp3) is 0.143. The van der Waals surface area contributed by atoms with Gasteiger partial charge in [0.25, 0.3) is 0 Å². The number of rotatable bonds is 6. The lowest BCUT2D eigenvalue weighted by Gasteiger charge is -2.06. The van der Waals surface area contributed by atoms with Crippen LogP contribution in [0.25, 0.3) is 16.6 Å². The second-order valence-electron chi connectivity index (χ2n) is 6.70. The van der Waals surface area contributed by atoms with Crippen LogP contribution >= 0.6 is 39.3 Å². The second-order valence-corrected chi connectivity index (χ2v) is 8.91. The van der Waals surface area contributed by atoms with Crippen molar-refractivity contribution in [3.05, 3.63) is 69.5 Å². The summed E-state index contributed by atoms with van der Waals surface area (Å²) >= 11 is 10.6. The standard InChI is InChI=1S/C21H15BrClF2N3O2S/c1-2-8-27-10-11(9-26-27)28-18-13(6-7-14(23)17(18)25)19(20(28)22)31-15-5-3-4-12(16(15)24)21(29)30/h3-7,9-10H,2,8H2,1H3,(H,29,30). The number of aromatic nitrogens is 3. The molecule has 0 amide bonds. The van der Waals surface area contributed by atoms with Crippen LogP contribution in [-0.4, -0.2) is 25.4 Å². The maximum atomic E-state index is 15.1. The number of hydrogen-bond acceptors (Lipinski definition) is 3. The van der Waals surface area contributed by atoms with E-state index in [1.54, 1.807) is 27.7 Å². The minimum Gasteiger partial charge on any atom is -0.478 e. The molecule has 0 aliphatic rings. The van der Waals surface area contributed by atoms with Gasteiger partial charge < -0.3 is 5.11 Å². The molecular weight excluding hydrogens is 512 g/mol. The first-order valence-corrected chi connectivity index (χ1v) is 11.2. The third-order valence-electron chi connectivity index (χ3n) is 4.66. The number of aromatic carboxylic acids is 1. The molecule has 0 saturated heterocycles. The highest BCUT2D eigenvalue weighted by Crippen LogP contribution is 2.45. The Morgan fingerprint density at radius 1 is 1.26 bits per heavy atom. The smallest absolute Gasteiger partial charge is 0.338 e. The number of carboxylic acid groups (broad SMARTS) is 1. The van der Waals surface area contributed by atoms with E-state index >= 15 is 4.39 Å². The van der Waals surface area contributed by atoms with Crippen molar-refractivity contribution in [2.75, 3.05) is 0 Å². The van der Waals surface area contributed by atoms with Gasteiger partial charge in [-0.1, -0.05) is 36.4 Å². The average molecular weight is 527 g/mol. The first-order chi connectivity index (χ1) is 14.8. The van der Waals surface area contributed by atoms with Gasteiger partial charge in [0.2, 0.25) is 0 Å². The quantitative estimate of drug-likeness (QED) is 0.301. The fourth-order valence-electron chi connectivity index (χ4n) is 3.28. The van der Waals surface area contributed by atoms with Crippen LogP contribution in [-0.2, 0) is 6.54 Å². The van der Waals surface area contributed by atoms with E-state index < -0.39 is 23.2 Å². The second kappa shape index (κ2) is 8.64. The van der Waals surface area contributed by atoms with Crippen LogP contribution in [0.3, 0.4) is 0 Å². The number of carboxylic acids is 1. The lowest BCUT2D eigenvalue weighted by molar-refractivity contribution is 0.0691. The van der Waals surface area contributed by atoms with Gasteiger partial charge in [-0.05, 0) is 46.6 Å². The molecule has 0 bridgehead atoms. The molecule has 0 aliphatic carbocycles. The first kappa shape index (κ1) is 21.9. The van der Waals surface area contributed by atoms with Crippen LogP contribution < -0.4 is 0 Å². The van der Waals surface area contributed by atoms with Crippen molar-refractivity contribution >= 4 is 56.2 Å². The normalized spacial score (nSPS) is 11.4. The Morgan fingerprint density at radius 3 is 2.74 bits per heavy atom.